The highest BCUT2D eigenvalue weighted by Gasteiger charge is 2.21. The lowest BCUT2D eigenvalue weighted by molar-refractivity contribution is 0.0957. The van der Waals surface area contributed by atoms with E-state index in [4.69, 9.17) is 9.15 Å². The highest BCUT2D eigenvalue weighted by Crippen LogP contribution is 2.27. The Kier molecular flexibility index (Phi) is 5.47. The predicted octanol–water partition coefficient (Wildman–Crippen LogP) is 4.37. The summed E-state index contributed by atoms with van der Waals surface area (Å²) in [6.07, 6.45) is 2.45. The molecule has 8 heteroatoms. The Morgan fingerprint density at radius 2 is 2.30 bits per heavy atom. The number of rotatable bonds is 7. The summed E-state index contributed by atoms with van der Waals surface area (Å²) in [6, 6.07) is 5.84. The second-order valence-corrected chi connectivity index (χ2v) is 8.47. The van der Waals surface area contributed by atoms with Crippen LogP contribution in [0.15, 0.2) is 33.2 Å². The number of aromatic nitrogens is 3. The van der Waals surface area contributed by atoms with Crippen LogP contribution in [0.2, 0.25) is 0 Å². The molecule has 1 atom stereocenters. The highest BCUT2D eigenvalue weighted by atomic mass is 32.2. The molecule has 3 aromatic rings. The maximum atomic E-state index is 12.7. The van der Waals surface area contributed by atoms with Crippen molar-refractivity contribution in [2.45, 2.75) is 44.6 Å². The molecule has 0 aliphatic carbocycles. The van der Waals surface area contributed by atoms with E-state index < -0.39 is 0 Å². The molecule has 4 heterocycles. The number of thiophene rings is 1. The Balaban J connectivity index is 1.41. The molecule has 4 rings (SSSR count). The first-order chi connectivity index (χ1) is 13.1. The summed E-state index contributed by atoms with van der Waals surface area (Å²) < 4.78 is 13.6. The van der Waals surface area contributed by atoms with Crippen molar-refractivity contribution >= 4 is 28.9 Å². The van der Waals surface area contributed by atoms with Crippen LogP contribution < -0.4 is 0 Å². The van der Waals surface area contributed by atoms with E-state index >= 15 is 0 Å². The third kappa shape index (κ3) is 4.02. The average Bonchev–Trinajstić information content (AvgIpc) is 3.43. The molecule has 0 N–H and O–H groups in total. The first-order valence-electron chi connectivity index (χ1n) is 8.93. The van der Waals surface area contributed by atoms with Crippen molar-refractivity contribution in [2.75, 3.05) is 12.4 Å². The molecule has 1 aliphatic heterocycles. The molecule has 0 unspecified atom stereocenters. The summed E-state index contributed by atoms with van der Waals surface area (Å²) in [5.74, 6) is 0.841. The van der Waals surface area contributed by atoms with Crippen LogP contribution in [0.25, 0.3) is 10.8 Å². The van der Waals surface area contributed by atoms with E-state index in [1.807, 2.05) is 37.4 Å². The monoisotopic (exact) mass is 403 g/mol. The average molecular weight is 404 g/mol. The molecular formula is C19H21N3O3S2. The predicted molar refractivity (Wildman–Crippen MR) is 106 cm³/mol. The van der Waals surface area contributed by atoms with Crippen molar-refractivity contribution in [3.63, 3.8) is 0 Å². The Bertz CT molecular complexity index is 924. The van der Waals surface area contributed by atoms with Gasteiger partial charge in [0.05, 0.1) is 16.7 Å². The fraction of sp³-hybridized carbons (Fsp3) is 0.421. The number of ether oxygens (including phenoxy) is 1. The van der Waals surface area contributed by atoms with Crippen LogP contribution in [0.5, 0.6) is 0 Å². The molecule has 6 nitrogen and oxygen atoms in total. The highest BCUT2D eigenvalue weighted by molar-refractivity contribution is 7.99. The largest absolute Gasteiger partial charge is 0.410 e. The minimum Gasteiger partial charge on any atom is -0.410 e. The Morgan fingerprint density at radius 1 is 1.41 bits per heavy atom. The molecule has 27 heavy (non-hydrogen) atoms. The van der Waals surface area contributed by atoms with E-state index in [0.29, 0.717) is 11.1 Å². The third-order valence-corrected chi connectivity index (χ3v) is 6.43. The van der Waals surface area contributed by atoms with Crippen molar-refractivity contribution in [1.29, 1.82) is 0 Å². The molecule has 0 bridgehead atoms. The van der Waals surface area contributed by atoms with Gasteiger partial charge in [-0.25, -0.2) is 0 Å². The fourth-order valence-electron chi connectivity index (χ4n) is 3.33. The zero-order chi connectivity index (χ0) is 18.8. The number of carbonyl (C=O) groups is 1. The minimum atomic E-state index is 0.0718. The van der Waals surface area contributed by atoms with Gasteiger partial charge in [0.25, 0.3) is 11.1 Å². The molecule has 0 radical (unpaired) electrons. The van der Waals surface area contributed by atoms with Crippen molar-refractivity contribution in [3.05, 3.63) is 40.5 Å². The molecule has 1 aliphatic rings. The molecule has 142 valence electrons. The van der Waals surface area contributed by atoms with E-state index in [-0.39, 0.29) is 17.6 Å². The quantitative estimate of drug-likeness (QED) is 0.431. The molecular weight excluding hydrogens is 382 g/mol. The number of nitrogens with zero attached hydrogens (tertiary/aromatic N) is 3. The number of thioether (sulfide) groups is 1. The maximum Gasteiger partial charge on any atom is 0.277 e. The van der Waals surface area contributed by atoms with Crippen LogP contribution in [-0.2, 0) is 11.3 Å². The second-order valence-electron chi connectivity index (χ2n) is 6.59. The lowest BCUT2D eigenvalue weighted by Crippen LogP contribution is -2.17. The molecule has 0 amide bonds. The third-order valence-electron chi connectivity index (χ3n) is 4.75. The number of hydrogen-bond donors (Lipinski definition) is 0. The van der Waals surface area contributed by atoms with Crippen molar-refractivity contribution in [1.82, 2.24) is 14.8 Å². The molecule has 1 fully saturated rings. The van der Waals surface area contributed by atoms with Gasteiger partial charge in [-0.3, -0.25) is 4.79 Å². The summed E-state index contributed by atoms with van der Waals surface area (Å²) in [5, 5.41) is 10.5. The van der Waals surface area contributed by atoms with Crippen molar-refractivity contribution in [3.8, 4) is 10.8 Å². The standard InChI is InChI=1S/C19H21N3O3S2/c1-12-9-15(13(2)22(12)10-14-5-3-7-24-14)16(23)11-27-19-21-20-18(25-19)17-6-4-8-26-17/h4,6,8-9,14H,3,5,7,10-11H2,1-2H3/t14-/m0/s1. The van der Waals surface area contributed by atoms with Gasteiger partial charge < -0.3 is 13.7 Å². The summed E-state index contributed by atoms with van der Waals surface area (Å²) in [7, 11) is 0. The number of carbonyl (C=O) groups excluding carboxylic acids is 1. The first-order valence-corrected chi connectivity index (χ1v) is 10.8. The number of aryl methyl sites for hydroxylation is 1. The Morgan fingerprint density at radius 3 is 3.04 bits per heavy atom. The fourth-order valence-corrected chi connectivity index (χ4v) is 4.62. The van der Waals surface area contributed by atoms with Gasteiger partial charge in [-0.05, 0) is 44.2 Å². The van der Waals surface area contributed by atoms with Crippen molar-refractivity contribution in [2.24, 2.45) is 0 Å². The molecule has 0 aromatic carbocycles. The van der Waals surface area contributed by atoms with Gasteiger partial charge in [0.15, 0.2) is 5.78 Å². The molecule has 0 spiro atoms. The van der Waals surface area contributed by atoms with Gasteiger partial charge in [-0.1, -0.05) is 17.8 Å². The van der Waals surface area contributed by atoms with Crippen LogP contribution in [-0.4, -0.2) is 39.0 Å². The van der Waals surface area contributed by atoms with Crippen LogP contribution in [0.3, 0.4) is 0 Å². The SMILES string of the molecule is Cc1cc(C(=O)CSc2nnc(-c3cccs3)o2)c(C)n1C[C@@H]1CCCO1. The van der Waals surface area contributed by atoms with Gasteiger partial charge in [-0.15, -0.1) is 21.5 Å². The van der Waals surface area contributed by atoms with Gasteiger partial charge in [0.2, 0.25) is 0 Å². The van der Waals surface area contributed by atoms with E-state index in [2.05, 4.69) is 14.8 Å². The van der Waals surface area contributed by atoms with Gasteiger partial charge in [0, 0.05) is 30.1 Å². The zero-order valence-electron chi connectivity index (χ0n) is 15.3. The van der Waals surface area contributed by atoms with E-state index in [1.54, 1.807) is 11.3 Å². The number of Topliss-reactive ketones (excluding diaryl/α,β-unsaturated/α-hetero) is 1. The molecule has 3 aromatic heterocycles. The van der Waals surface area contributed by atoms with E-state index in [9.17, 15) is 4.79 Å². The van der Waals surface area contributed by atoms with E-state index in [1.165, 1.54) is 11.8 Å². The summed E-state index contributed by atoms with van der Waals surface area (Å²) in [5.41, 5.74) is 2.85. The van der Waals surface area contributed by atoms with Crippen molar-refractivity contribution < 1.29 is 13.9 Å². The Labute approximate surface area is 165 Å². The summed E-state index contributed by atoms with van der Waals surface area (Å²) >= 11 is 2.82. The smallest absolute Gasteiger partial charge is 0.277 e. The van der Waals surface area contributed by atoms with Gasteiger partial charge >= 0.3 is 0 Å². The van der Waals surface area contributed by atoms with Crippen LogP contribution in [0.4, 0.5) is 0 Å². The zero-order valence-corrected chi connectivity index (χ0v) is 16.9. The molecule has 0 saturated carbocycles. The lowest BCUT2D eigenvalue weighted by Gasteiger charge is -2.14. The molecule has 1 saturated heterocycles. The second kappa shape index (κ2) is 8.00. The van der Waals surface area contributed by atoms with E-state index in [0.717, 1.165) is 47.8 Å². The topological polar surface area (TPSA) is 70.2 Å². The summed E-state index contributed by atoms with van der Waals surface area (Å²) in [4.78, 5) is 13.7. The minimum absolute atomic E-state index is 0.0718. The van der Waals surface area contributed by atoms with Crippen LogP contribution in [0.1, 0.15) is 34.6 Å². The van der Waals surface area contributed by atoms with Gasteiger partial charge in [0.1, 0.15) is 0 Å². The first kappa shape index (κ1) is 18.5. The van der Waals surface area contributed by atoms with Crippen LogP contribution in [0, 0.1) is 13.8 Å². The maximum absolute atomic E-state index is 12.7. The van der Waals surface area contributed by atoms with Crippen LogP contribution >= 0.6 is 23.1 Å². The van der Waals surface area contributed by atoms with Gasteiger partial charge in [-0.2, -0.15) is 0 Å². The normalized spacial score (nSPS) is 16.9. The number of hydrogen-bond acceptors (Lipinski definition) is 7. The lowest BCUT2D eigenvalue weighted by atomic mass is 10.2. The summed E-state index contributed by atoms with van der Waals surface area (Å²) in [6.45, 7) is 5.69. The number of ketones is 1. The Hall–Kier alpha value is -1.90.